The first-order valence-electron chi connectivity index (χ1n) is 4.09. The van der Waals surface area contributed by atoms with Crippen LogP contribution in [0.2, 0.25) is 0 Å². The first-order valence-corrected chi connectivity index (χ1v) is 5.70. The first kappa shape index (κ1) is 9.95. The summed E-state index contributed by atoms with van der Waals surface area (Å²) >= 11 is 0. The molecule has 0 aliphatic heterocycles. The van der Waals surface area contributed by atoms with Crippen LogP contribution >= 0.6 is 0 Å². The molecular formula is C7H14O4S. The zero-order chi connectivity index (χ0) is 9.24. The van der Waals surface area contributed by atoms with Crippen molar-refractivity contribution in [1.82, 2.24) is 0 Å². The number of unbranched alkanes of at least 4 members (excludes halogenated alkanes) is 1. The zero-order valence-corrected chi connectivity index (χ0v) is 7.68. The van der Waals surface area contributed by atoms with Crippen LogP contribution in [0, 0.1) is 0 Å². The van der Waals surface area contributed by atoms with Crippen molar-refractivity contribution >= 4 is 10.1 Å². The van der Waals surface area contributed by atoms with Gasteiger partial charge in [-0.25, -0.2) is 0 Å². The van der Waals surface area contributed by atoms with E-state index in [1.54, 1.807) is 0 Å². The third-order valence-electron chi connectivity index (χ3n) is 2.12. The van der Waals surface area contributed by atoms with Crippen molar-refractivity contribution in [2.45, 2.75) is 37.7 Å². The van der Waals surface area contributed by atoms with Gasteiger partial charge in [0.25, 0.3) is 10.1 Å². The topological polar surface area (TPSA) is 74.6 Å². The molecule has 4 nitrogen and oxygen atoms in total. The van der Waals surface area contributed by atoms with Crippen LogP contribution in [0.5, 0.6) is 0 Å². The van der Waals surface area contributed by atoms with Gasteiger partial charge in [0.15, 0.2) is 0 Å². The summed E-state index contributed by atoms with van der Waals surface area (Å²) in [7, 11) is -3.80. The molecule has 0 aromatic rings. The van der Waals surface area contributed by atoms with Crippen molar-refractivity contribution in [3.8, 4) is 0 Å². The molecule has 5 heteroatoms. The highest BCUT2D eigenvalue weighted by atomic mass is 32.2. The number of rotatable bonds is 5. The second-order valence-corrected chi connectivity index (χ2v) is 5.04. The molecule has 72 valence electrons. The van der Waals surface area contributed by atoms with Crippen molar-refractivity contribution < 1.29 is 18.1 Å². The molecule has 1 saturated carbocycles. The highest BCUT2D eigenvalue weighted by Crippen LogP contribution is 2.39. The first-order chi connectivity index (χ1) is 5.41. The van der Waals surface area contributed by atoms with E-state index >= 15 is 0 Å². The Morgan fingerprint density at radius 1 is 1.25 bits per heavy atom. The molecule has 0 heterocycles. The maximum atomic E-state index is 10.3. The highest BCUT2D eigenvalue weighted by molar-refractivity contribution is 7.85. The van der Waals surface area contributed by atoms with Crippen molar-refractivity contribution in [3.05, 3.63) is 0 Å². The van der Waals surface area contributed by atoms with Gasteiger partial charge < -0.3 is 5.11 Å². The molecule has 0 saturated heterocycles. The van der Waals surface area contributed by atoms with E-state index in [1.807, 2.05) is 0 Å². The maximum Gasteiger partial charge on any atom is 0.264 e. The molecule has 0 amide bonds. The lowest BCUT2D eigenvalue weighted by atomic mass is 10.1. The quantitative estimate of drug-likeness (QED) is 0.495. The summed E-state index contributed by atoms with van der Waals surface area (Å²) < 4.78 is 28.9. The lowest BCUT2D eigenvalue weighted by Gasteiger charge is -2.05. The second kappa shape index (κ2) is 3.32. The zero-order valence-electron chi connectivity index (χ0n) is 6.86. The molecule has 0 bridgehead atoms. The largest absolute Gasteiger partial charge is 0.390 e. The summed E-state index contributed by atoms with van der Waals surface area (Å²) in [5, 5.41) is 9.35. The van der Waals surface area contributed by atoms with Crippen LogP contribution in [0.4, 0.5) is 0 Å². The van der Waals surface area contributed by atoms with Gasteiger partial charge in [0.2, 0.25) is 0 Å². The molecule has 1 aliphatic rings. The van der Waals surface area contributed by atoms with E-state index < -0.39 is 15.7 Å². The minimum atomic E-state index is -3.80. The van der Waals surface area contributed by atoms with Crippen LogP contribution < -0.4 is 0 Å². The van der Waals surface area contributed by atoms with Gasteiger partial charge in [0.1, 0.15) is 0 Å². The van der Waals surface area contributed by atoms with E-state index in [1.165, 1.54) is 0 Å². The fourth-order valence-corrected chi connectivity index (χ4v) is 1.70. The van der Waals surface area contributed by atoms with E-state index in [0.717, 1.165) is 12.8 Å². The number of hydrogen-bond acceptors (Lipinski definition) is 3. The van der Waals surface area contributed by atoms with Gasteiger partial charge in [-0.2, -0.15) is 8.42 Å². The number of hydrogen-bond donors (Lipinski definition) is 2. The van der Waals surface area contributed by atoms with Gasteiger partial charge in [0, 0.05) is 0 Å². The Morgan fingerprint density at radius 2 is 1.83 bits per heavy atom. The Kier molecular flexibility index (Phi) is 2.75. The molecule has 0 aromatic carbocycles. The predicted octanol–water partition coefficient (Wildman–Crippen LogP) is 0.569. The molecule has 1 aliphatic carbocycles. The minimum absolute atomic E-state index is 0.191. The van der Waals surface area contributed by atoms with Gasteiger partial charge >= 0.3 is 0 Å². The van der Waals surface area contributed by atoms with E-state index in [4.69, 9.17) is 4.55 Å². The molecule has 0 radical (unpaired) electrons. The van der Waals surface area contributed by atoms with E-state index in [9.17, 15) is 13.5 Å². The molecule has 12 heavy (non-hydrogen) atoms. The Morgan fingerprint density at radius 3 is 2.25 bits per heavy atom. The third-order valence-corrected chi connectivity index (χ3v) is 2.93. The lowest BCUT2D eigenvalue weighted by molar-refractivity contribution is 0.137. The molecule has 0 spiro atoms. The van der Waals surface area contributed by atoms with Crippen LogP contribution in [0.15, 0.2) is 0 Å². The van der Waals surface area contributed by atoms with Crippen LogP contribution in [0.3, 0.4) is 0 Å². The fraction of sp³-hybridized carbons (Fsp3) is 1.00. The summed E-state index contributed by atoms with van der Waals surface area (Å²) in [6.07, 6.45) is 3.41. The van der Waals surface area contributed by atoms with Crippen molar-refractivity contribution in [2.75, 3.05) is 5.75 Å². The van der Waals surface area contributed by atoms with Gasteiger partial charge in [-0.3, -0.25) is 4.55 Å². The monoisotopic (exact) mass is 194 g/mol. The predicted molar refractivity (Wildman–Crippen MR) is 44.5 cm³/mol. The van der Waals surface area contributed by atoms with Gasteiger partial charge in [-0.05, 0) is 32.1 Å². The Balaban J connectivity index is 2.04. The average Bonchev–Trinajstić information content (AvgIpc) is 2.60. The van der Waals surface area contributed by atoms with Crippen LogP contribution in [0.25, 0.3) is 0 Å². The highest BCUT2D eigenvalue weighted by Gasteiger charge is 2.39. The van der Waals surface area contributed by atoms with Crippen molar-refractivity contribution in [1.29, 1.82) is 0 Å². The standard InChI is InChI=1S/C7H14O4S/c8-7(4-5-7)3-1-2-6-12(9,10)11/h8H,1-6H2,(H,9,10,11). The number of aliphatic hydroxyl groups is 1. The van der Waals surface area contributed by atoms with Crippen molar-refractivity contribution in [3.63, 3.8) is 0 Å². The van der Waals surface area contributed by atoms with E-state index in [0.29, 0.717) is 19.3 Å². The molecule has 1 rings (SSSR count). The molecule has 0 atom stereocenters. The van der Waals surface area contributed by atoms with Gasteiger partial charge in [-0.1, -0.05) is 0 Å². The van der Waals surface area contributed by atoms with Crippen LogP contribution in [-0.2, 0) is 10.1 Å². The Hall–Kier alpha value is -0.130. The minimum Gasteiger partial charge on any atom is -0.390 e. The van der Waals surface area contributed by atoms with Crippen LogP contribution in [-0.4, -0.2) is 29.4 Å². The molecule has 0 unspecified atom stereocenters. The smallest absolute Gasteiger partial charge is 0.264 e. The van der Waals surface area contributed by atoms with Gasteiger partial charge in [-0.15, -0.1) is 0 Å². The lowest BCUT2D eigenvalue weighted by Crippen LogP contribution is -2.08. The summed E-state index contributed by atoms with van der Waals surface area (Å²) in [6.45, 7) is 0. The Bertz CT molecular complexity index is 240. The van der Waals surface area contributed by atoms with E-state index in [2.05, 4.69) is 0 Å². The molecular weight excluding hydrogens is 180 g/mol. The molecule has 0 aromatic heterocycles. The maximum absolute atomic E-state index is 10.3. The molecule has 2 N–H and O–H groups in total. The third kappa shape index (κ3) is 4.04. The van der Waals surface area contributed by atoms with Crippen LogP contribution in [0.1, 0.15) is 32.1 Å². The summed E-state index contributed by atoms with van der Waals surface area (Å²) in [4.78, 5) is 0. The molecule has 1 fully saturated rings. The van der Waals surface area contributed by atoms with E-state index in [-0.39, 0.29) is 5.75 Å². The summed E-state index contributed by atoms with van der Waals surface area (Å²) in [5.74, 6) is -0.191. The SMILES string of the molecule is O=S(=O)(O)CCCCC1(O)CC1. The second-order valence-electron chi connectivity index (χ2n) is 3.47. The summed E-state index contributed by atoms with van der Waals surface area (Å²) in [5.41, 5.74) is -0.501. The summed E-state index contributed by atoms with van der Waals surface area (Å²) in [6, 6.07) is 0. The normalized spacial score (nSPS) is 20.8. The van der Waals surface area contributed by atoms with Crippen molar-refractivity contribution in [2.24, 2.45) is 0 Å². The average molecular weight is 194 g/mol. The Labute approximate surface area is 72.3 Å². The van der Waals surface area contributed by atoms with Gasteiger partial charge in [0.05, 0.1) is 11.4 Å². The fourth-order valence-electron chi connectivity index (χ4n) is 1.13.